The van der Waals surface area contributed by atoms with Crippen LogP contribution in [0.25, 0.3) is 0 Å². The SMILES string of the molecule is O=C(Cc1ccccc1)NCCSc1ccccn1. The molecule has 4 heteroatoms. The molecule has 0 bridgehead atoms. The lowest BCUT2D eigenvalue weighted by molar-refractivity contribution is -0.120. The molecule has 0 atom stereocenters. The van der Waals surface area contributed by atoms with Crippen LogP contribution < -0.4 is 5.32 Å². The fourth-order valence-electron chi connectivity index (χ4n) is 1.62. The molecule has 0 radical (unpaired) electrons. The number of amides is 1. The molecule has 0 fully saturated rings. The van der Waals surface area contributed by atoms with E-state index in [0.717, 1.165) is 16.3 Å². The number of thioether (sulfide) groups is 1. The van der Waals surface area contributed by atoms with E-state index in [0.29, 0.717) is 13.0 Å². The molecular weight excluding hydrogens is 256 g/mol. The van der Waals surface area contributed by atoms with Crippen LogP contribution >= 0.6 is 11.8 Å². The van der Waals surface area contributed by atoms with Gasteiger partial charge in [-0.3, -0.25) is 4.79 Å². The van der Waals surface area contributed by atoms with Crippen LogP contribution in [0.3, 0.4) is 0 Å². The van der Waals surface area contributed by atoms with Gasteiger partial charge in [0.2, 0.25) is 5.91 Å². The first-order chi connectivity index (χ1) is 9.34. The third-order valence-electron chi connectivity index (χ3n) is 2.52. The first-order valence-electron chi connectivity index (χ1n) is 6.19. The van der Waals surface area contributed by atoms with Crippen molar-refractivity contribution in [3.05, 3.63) is 60.3 Å². The van der Waals surface area contributed by atoms with E-state index in [1.165, 1.54) is 0 Å². The molecule has 0 aliphatic carbocycles. The van der Waals surface area contributed by atoms with Crippen molar-refractivity contribution in [2.75, 3.05) is 12.3 Å². The largest absolute Gasteiger partial charge is 0.355 e. The maximum Gasteiger partial charge on any atom is 0.224 e. The first-order valence-corrected chi connectivity index (χ1v) is 7.17. The Bertz CT molecular complexity index is 502. The quantitative estimate of drug-likeness (QED) is 0.649. The molecule has 0 aliphatic heterocycles. The van der Waals surface area contributed by atoms with Gasteiger partial charge in [0.05, 0.1) is 11.4 Å². The Morgan fingerprint density at radius 1 is 1.11 bits per heavy atom. The molecule has 1 amide bonds. The number of carbonyl (C=O) groups excluding carboxylic acids is 1. The molecule has 0 saturated heterocycles. The smallest absolute Gasteiger partial charge is 0.224 e. The highest BCUT2D eigenvalue weighted by atomic mass is 32.2. The maximum absolute atomic E-state index is 11.7. The van der Waals surface area contributed by atoms with E-state index in [2.05, 4.69) is 10.3 Å². The second kappa shape index (κ2) is 7.59. The normalized spacial score (nSPS) is 10.1. The number of rotatable bonds is 6. The summed E-state index contributed by atoms with van der Waals surface area (Å²) in [6.07, 6.45) is 2.21. The zero-order chi connectivity index (χ0) is 13.3. The van der Waals surface area contributed by atoms with Crippen molar-refractivity contribution in [1.29, 1.82) is 0 Å². The second-order valence-electron chi connectivity index (χ2n) is 4.03. The topological polar surface area (TPSA) is 42.0 Å². The molecule has 0 saturated carbocycles. The summed E-state index contributed by atoms with van der Waals surface area (Å²) in [7, 11) is 0. The number of hydrogen-bond donors (Lipinski definition) is 1. The number of pyridine rings is 1. The summed E-state index contributed by atoms with van der Waals surface area (Å²) in [6, 6.07) is 15.6. The standard InChI is InChI=1S/C15H16N2OS/c18-14(12-13-6-2-1-3-7-13)16-10-11-19-15-8-4-5-9-17-15/h1-9H,10-12H2,(H,16,18). The number of carbonyl (C=O) groups is 1. The van der Waals surface area contributed by atoms with Crippen LogP contribution in [0.4, 0.5) is 0 Å². The van der Waals surface area contributed by atoms with E-state index < -0.39 is 0 Å². The Morgan fingerprint density at radius 3 is 2.63 bits per heavy atom. The van der Waals surface area contributed by atoms with E-state index in [1.807, 2.05) is 48.5 Å². The van der Waals surface area contributed by atoms with Crippen molar-refractivity contribution < 1.29 is 4.79 Å². The molecule has 2 rings (SSSR count). The Labute approximate surface area is 117 Å². The number of nitrogens with one attached hydrogen (secondary N) is 1. The van der Waals surface area contributed by atoms with Crippen LogP contribution in [-0.2, 0) is 11.2 Å². The van der Waals surface area contributed by atoms with Crippen molar-refractivity contribution in [2.24, 2.45) is 0 Å². The lowest BCUT2D eigenvalue weighted by atomic mass is 10.1. The Morgan fingerprint density at radius 2 is 1.89 bits per heavy atom. The fraction of sp³-hybridized carbons (Fsp3) is 0.200. The average Bonchev–Trinajstić information content (AvgIpc) is 2.46. The minimum Gasteiger partial charge on any atom is -0.355 e. The van der Waals surface area contributed by atoms with Crippen LogP contribution in [0.5, 0.6) is 0 Å². The number of nitrogens with zero attached hydrogens (tertiary/aromatic N) is 1. The molecule has 1 aromatic carbocycles. The number of hydrogen-bond acceptors (Lipinski definition) is 3. The fourth-order valence-corrected chi connectivity index (χ4v) is 2.35. The lowest BCUT2D eigenvalue weighted by Gasteiger charge is -2.05. The van der Waals surface area contributed by atoms with Crippen LogP contribution in [-0.4, -0.2) is 23.2 Å². The molecule has 0 unspecified atom stereocenters. The second-order valence-corrected chi connectivity index (χ2v) is 5.14. The molecule has 1 N–H and O–H groups in total. The van der Waals surface area contributed by atoms with Crippen LogP contribution in [0, 0.1) is 0 Å². The van der Waals surface area contributed by atoms with Gasteiger partial charge in [0.15, 0.2) is 0 Å². The van der Waals surface area contributed by atoms with Gasteiger partial charge in [-0.05, 0) is 17.7 Å². The first kappa shape index (κ1) is 13.6. The third kappa shape index (κ3) is 5.14. The monoisotopic (exact) mass is 272 g/mol. The van der Waals surface area contributed by atoms with E-state index >= 15 is 0 Å². The van der Waals surface area contributed by atoms with E-state index in [9.17, 15) is 4.79 Å². The van der Waals surface area contributed by atoms with E-state index in [-0.39, 0.29) is 5.91 Å². The van der Waals surface area contributed by atoms with Gasteiger partial charge in [0.25, 0.3) is 0 Å². The summed E-state index contributed by atoms with van der Waals surface area (Å²) in [4.78, 5) is 15.9. The average molecular weight is 272 g/mol. The minimum absolute atomic E-state index is 0.0628. The molecule has 0 aliphatic rings. The molecule has 1 aromatic heterocycles. The highest BCUT2D eigenvalue weighted by Gasteiger charge is 2.02. The van der Waals surface area contributed by atoms with Gasteiger partial charge >= 0.3 is 0 Å². The number of benzene rings is 1. The highest BCUT2D eigenvalue weighted by Crippen LogP contribution is 2.12. The van der Waals surface area contributed by atoms with Gasteiger partial charge < -0.3 is 5.32 Å². The zero-order valence-corrected chi connectivity index (χ0v) is 11.4. The minimum atomic E-state index is 0.0628. The molecule has 3 nitrogen and oxygen atoms in total. The third-order valence-corrected chi connectivity index (χ3v) is 3.46. The highest BCUT2D eigenvalue weighted by molar-refractivity contribution is 7.99. The van der Waals surface area contributed by atoms with Crippen LogP contribution in [0.2, 0.25) is 0 Å². The van der Waals surface area contributed by atoms with Crippen LogP contribution in [0.15, 0.2) is 59.8 Å². The van der Waals surface area contributed by atoms with Gasteiger partial charge in [0, 0.05) is 18.5 Å². The molecule has 19 heavy (non-hydrogen) atoms. The predicted molar refractivity (Wildman–Crippen MR) is 78.1 cm³/mol. The Kier molecular flexibility index (Phi) is 5.44. The summed E-state index contributed by atoms with van der Waals surface area (Å²) in [5, 5.41) is 3.90. The van der Waals surface area contributed by atoms with Gasteiger partial charge in [-0.15, -0.1) is 11.8 Å². The van der Waals surface area contributed by atoms with Crippen LogP contribution in [0.1, 0.15) is 5.56 Å². The summed E-state index contributed by atoms with van der Waals surface area (Å²) < 4.78 is 0. The summed E-state index contributed by atoms with van der Waals surface area (Å²) in [6.45, 7) is 0.660. The van der Waals surface area contributed by atoms with Crippen molar-refractivity contribution in [1.82, 2.24) is 10.3 Å². The summed E-state index contributed by atoms with van der Waals surface area (Å²) >= 11 is 1.64. The summed E-state index contributed by atoms with van der Waals surface area (Å²) in [5.41, 5.74) is 1.04. The Hall–Kier alpha value is -1.81. The van der Waals surface area contributed by atoms with Gasteiger partial charge in [-0.2, -0.15) is 0 Å². The lowest BCUT2D eigenvalue weighted by Crippen LogP contribution is -2.27. The van der Waals surface area contributed by atoms with Crippen molar-refractivity contribution in [3.8, 4) is 0 Å². The summed E-state index contributed by atoms with van der Waals surface area (Å²) in [5.74, 6) is 0.894. The van der Waals surface area contributed by atoms with Crippen molar-refractivity contribution in [3.63, 3.8) is 0 Å². The predicted octanol–water partition coefficient (Wildman–Crippen LogP) is 2.53. The molecule has 2 aromatic rings. The van der Waals surface area contributed by atoms with E-state index in [4.69, 9.17) is 0 Å². The molecule has 0 spiro atoms. The van der Waals surface area contributed by atoms with Crippen molar-refractivity contribution in [2.45, 2.75) is 11.4 Å². The van der Waals surface area contributed by atoms with Gasteiger partial charge in [0.1, 0.15) is 0 Å². The molecule has 1 heterocycles. The molecule has 98 valence electrons. The number of aromatic nitrogens is 1. The van der Waals surface area contributed by atoms with Gasteiger partial charge in [-0.1, -0.05) is 36.4 Å². The Balaban J connectivity index is 1.65. The van der Waals surface area contributed by atoms with Crippen molar-refractivity contribution >= 4 is 17.7 Å². The maximum atomic E-state index is 11.7. The van der Waals surface area contributed by atoms with E-state index in [1.54, 1.807) is 18.0 Å². The molecular formula is C15H16N2OS. The van der Waals surface area contributed by atoms with Gasteiger partial charge in [-0.25, -0.2) is 4.98 Å². The zero-order valence-electron chi connectivity index (χ0n) is 10.6.